The van der Waals surface area contributed by atoms with Crippen molar-refractivity contribution in [3.63, 3.8) is 0 Å². The van der Waals surface area contributed by atoms with Crippen LogP contribution in [0.15, 0.2) is 0 Å². The van der Waals surface area contributed by atoms with Gasteiger partial charge in [0.25, 0.3) is 0 Å². The molecule has 0 aromatic carbocycles. The zero-order valence-electron chi connectivity index (χ0n) is 8.22. The molecule has 1 atom stereocenters. The van der Waals surface area contributed by atoms with Gasteiger partial charge in [-0.25, -0.2) is 4.67 Å². The Balaban J connectivity index is 4.17. The number of nitrogens with zero attached hydrogens (tertiary/aromatic N) is 1. The van der Waals surface area contributed by atoms with Crippen molar-refractivity contribution in [2.24, 2.45) is 0 Å². The Morgan fingerprint density at radius 3 is 1.83 bits per heavy atom. The molecule has 0 N–H and O–H groups in total. The minimum atomic E-state index is -2.51. The molecule has 1 unspecified atom stereocenters. The van der Waals surface area contributed by atoms with Crippen LogP contribution in [0, 0.1) is 0 Å². The summed E-state index contributed by atoms with van der Waals surface area (Å²) in [6, 6.07) is 0. The van der Waals surface area contributed by atoms with Crippen LogP contribution in [0.3, 0.4) is 0 Å². The van der Waals surface area contributed by atoms with Gasteiger partial charge in [0.15, 0.2) is 0 Å². The van der Waals surface area contributed by atoms with Crippen LogP contribution >= 0.6 is 17.9 Å². The highest BCUT2D eigenvalue weighted by molar-refractivity contribution is 7.87. The summed E-state index contributed by atoms with van der Waals surface area (Å²) in [4.78, 5) is 0. The van der Waals surface area contributed by atoms with Crippen molar-refractivity contribution in [1.82, 2.24) is 4.67 Å². The molecule has 0 fully saturated rings. The van der Waals surface area contributed by atoms with E-state index in [1.165, 1.54) is 0 Å². The Kier molecular flexibility index (Phi) is 6.25. The second kappa shape index (κ2) is 6.01. The lowest BCUT2D eigenvalue weighted by atomic mass is 10.4. The first-order valence-corrected chi connectivity index (χ1v) is 7.37. The molecule has 0 aliphatic carbocycles. The summed E-state index contributed by atoms with van der Waals surface area (Å²) in [5.41, 5.74) is 0. The maximum absolute atomic E-state index is 11.8. The van der Waals surface area contributed by atoms with Crippen molar-refractivity contribution >= 4 is 17.9 Å². The molecule has 0 aliphatic rings. The molecule has 0 saturated carbocycles. The third-order valence-corrected chi connectivity index (χ3v) is 5.16. The van der Waals surface area contributed by atoms with Crippen LogP contribution in [0.1, 0.15) is 33.6 Å². The molecule has 12 heavy (non-hydrogen) atoms. The Morgan fingerprint density at radius 2 is 1.58 bits per heavy atom. The first kappa shape index (κ1) is 12.5. The van der Waals surface area contributed by atoms with E-state index in [-0.39, 0.29) is 0 Å². The van der Waals surface area contributed by atoms with E-state index in [0.29, 0.717) is 6.16 Å². The highest BCUT2D eigenvalue weighted by atomic mass is 35.7. The second-order valence-electron chi connectivity index (χ2n) is 2.89. The SMILES string of the molecule is CCCN(CCC)P(=O)(Cl)CC. The number of hydrogen-bond acceptors (Lipinski definition) is 1. The van der Waals surface area contributed by atoms with Crippen LogP contribution in [0.25, 0.3) is 0 Å². The van der Waals surface area contributed by atoms with Crippen LogP contribution in [0.5, 0.6) is 0 Å². The summed E-state index contributed by atoms with van der Waals surface area (Å²) in [6.45, 7) is 5.23. The van der Waals surface area contributed by atoms with Gasteiger partial charge in [0, 0.05) is 19.3 Å². The first-order valence-electron chi connectivity index (χ1n) is 4.62. The van der Waals surface area contributed by atoms with E-state index >= 15 is 0 Å². The monoisotopic (exact) mass is 211 g/mol. The minimum Gasteiger partial charge on any atom is -0.289 e. The summed E-state index contributed by atoms with van der Waals surface area (Å²) in [5, 5.41) is 0. The van der Waals surface area contributed by atoms with Crippen molar-refractivity contribution in [3.05, 3.63) is 0 Å². The average Bonchev–Trinajstić information content (AvgIpc) is 2.04. The quantitative estimate of drug-likeness (QED) is 0.626. The highest BCUT2D eigenvalue weighted by Crippen LogP contribution is 2.54. The van der Waals surface area contributed by atoms with Crippen molar-refractivity contribution < 1.29 is 4.57 Å². The molecule has 0 amide bonds. The lowest BCUT2D eigenvalue weighted by molar-refractivity contribution is 0.418. The van der Waals surface area contributed by atoms with Crippen LogP contribution in [-0.2, 0) is 4.57 Å². The number of rotatable bonds is 6. The topological polar surface area (TPSA) is 20.3 Å². The third kappa shape index (κ3) is 3.93. The number of hydrogen-bond donors (Lipinski definition) is 0. The van der Waals surface area contributed by atoms with Crippen molar-refractivity contribution in [2.45, 2.75) is 33.6 Å². The molecule has 0 rings (SSSR count). The van der Waals surface area contributed by atoms with Gasteiger partial charge in [-0.3, -0.25) is 4.57 Å². The fraction of sp³-hybridized carbons (Fsp3) is 1.00. The second-order valence-corrected chi connectivity index (χ2v) is 6.90. The molecule has 4 heteroatoms. The zero-order chi connectivity index (χ0) is 9.61. The van der Waals surface area contributed by atoms with Gasteiger partial charge in [0.05, 0.1) is 0 Å². The summed E-state index contributed by atoms with van der Waals surface area (Å²) in [5.74, 6) is 0. The van der Waals surface area contributed by atoms with E-state index in [9.17, 15) is 4.57 Å². The molecule has 0 aliphatic heterocycles. The molecule has 0 heterocycles. The maximum Gasteiger partial charge on any atom is 0.234 e. The summed E-state index contributed by atoms with van der Waals surface area (Å²) < 4.78 is 13.7. The van der Waals surface area contributed by atoms with Gasteiger partial charge >= 0.3 is 0 Å². The van der Waals surface area contributed by atoms with E-state index in [2.05, 4.69) is 13.8 Å². The van der Waals surface area contributed by atoms with Gasteiger partial charge in [0.1, 0.15) is 0 Å². The molecule has 2 nitrogen and oxygen atoms in total. The highest BCUT2D eigenvalue weighted by Gasteiger charge is 2.23. The van der Waals surface area contributed by atoms with E-state index in [1.807, 2.05) is 11.6 Å². The molecular formula is C8H19ClNOP. The summed E-state index contributed by atoms with van der Waals surface area (Å²) in [7, 11) is 0. The molecule has 0 bridgehead atoms. The van der Waals surface area contributed by atoms with Gasteiger partial charge < -0.3 is 0 Å². The summed E-state index contributed by atoms with van der Waals surface area (Å²) in [6.07, 6.45) is 2.59. The molecule has 0 spiro atoms. The zero-order valence-corrected chi connectivity index (χ0v) is 9.87. The first-order chi connectivity index (χ1) is 5.58. The largest absolute Gasteiger partial charge is 0.289 e. The van der Waals surface area contributed by atoms with E-state index in [1.54, 1.807) is 0 Å². The molecule has 0 saturated heterocycles. The average molecular weight is 212 g/mol. The molecular weight excluding hydrogens is 193 g/mol. The van der Waals surface area contributed by atoms with Gasteiger partial charge in [-0.1, -0.05) is 20.8 Å². The minimum absolute atomic E-state index is 0.564. The van der Waals surface area contributed by atoms with Crippen molar-refractivity contribution in [2.75, 3.05) is 19.3 Å². The van der Waals surface area contributed by atoms with Gasteiger partial charge in [0.2, 0.25) is 6.65 Å². The van der Waals surface area contributed by atoms with Crippen LogP contribution in [0.4, 0.5) is 0 Å². The summed E-state index contributed by atoms with van der Waals surface area (Å²) >= 11 is 5.93. The van der Waals surface area contributed by atoms with Crippen molar-refractivity contribution in [3.8, 4) is 0 Å². The van der Waals surface area contributed by atoms with Crippen LogP contribution < -0.4 is 0 Å². The lowest BCUT2D eigenvalue weighted by Crippen LogP contribution is -2.21. The third-order valence-electron chi connectivity index (χ3n) is 1.78. The Bertz CT molecular complexity index is 157. The van der Waals surface area contributed by atoms with E-state index < -0.39 is 6.65 Å². The van der Waals surface area contributed by atoms with Gasteiger partial charge in [-0.15, -0.1) is 0 Å². The van der Waals surface area contributed by atoms with Crippen molar-refractivity contribution in [1.29, 1.82) is 0 Å². The Morgan fingerprint density at radius 1 is 1.17 bits per heavy atom. The Labute approximate surface area is 80.5 Å². The molecule has 74 valence electrons. The van der Waals surface area contributed by atoms with E-state index in [0.717, 1.165) is 25.9 Å². The van der Waals surface area contributed by atoms with Gasteiger partial charge in [-0.2, -0.15) is 0 Å². The molecule has 0 aromatic rings. The smallest absolute Gasteiger partial charge is 0.234 e. The fourth-order valence-corrected chi connectivity index (χ4v) is 2.98. The molecule has 0 aromatic heterocycles. The molecule has 0 radical (unpaired) electrons. The normalized spacial score (nSPS) is 16.4. The van der Waals surface area contributed by atoms with E-state index in [4.69, 9.17) is 11.2 Å². The predicted octanol–water partition coefficient (Wildman–Crippen LogP) is 3.56. The standard InChI is InChI=1S/C8H19ClNOP/c1-4-7-10(8-5-2)12(9,11)6-3/h4-8H2,1-3H3. The van der Waals surface area contributed by atoms with Crippen LogP contribution in [-0.4, -0.2) is 23.9 Å². The fourth-order valence-electron chi connectivity index (χ4n) is 1.13. The van der Waals surface area contributed by atoms with Crippen LogP contribution in [0.2, 0.25) is 0 Å². The van der Waals surface area contributed by atoms with Gasteiger partial charge in [-0.05, 0) is 24.1 Å². The lowest BCUT2D eigenvalue weighted by Gasteiger charge is -2.25. The number of halogens is 1. The maximum atomic E-state index is 11.8. The predicted molar refractivity (Wildman–Crippen MR) is 56.2 cm³/mol. The Hall–Kier alpha value is 0.480.